The zero-order valence-corrected chi connectivity index (χ0v) is 10.9. The van der Waals surface area contributed by atoms with Gasteiger partial charge in [0.1, 0.15) is 5.69 Å². The summed E-state index contributed by atoms with van der Waals surface area (Å²) in [5, 5.41) is 6.98. The molecule has 0 radical (unpaired) electrons. The maximum Gasteiger partial charge on any atom is 0.224 e. The third kappa shape index (κ3) is 2.66. The lowest BCUT2D eigenvalue weighted by Gasteiger charge is -2.03. The van der Waals surface area contributed by atoms with Gasteiger partial charge in [-0.05, 0) is 18.1 Å². The van der Waals surface area contributed by atoms with Crippen molar-refractivity contribution in [2.75, 3.05) is 5.32 Å². The van der Waals surface area contributed by atoms with Gasteiger partial charge >= 0.3 is 0 Å². The molecule has 0 spiro atoms. The first-order valence-corrected chi connectivity index (χ1v) is 6.45. The molecular formula is C15H14N4O. The number of carbonyl (C=O) groups is 1. The average Bonchev–Trinajstić information content (AvgIpc) is 2.90. The second kappa shape index (κ2) is 5.52. The maximum atomic E-state index is 12.0. The summed E-state index contributed by atoms with van der Waals surface area (Å²) >= 11 is 0. The largest absolute Gasteiger partial charge is 0.322 e. The molecule has 0 aliphatic carbocycles. The Labute approximate surface area is 116 Å². The lowest BCUT2D eigenvalue weighted by molar-refractivity contribution is -0.116. The zero-order valence-electron chi connectivity index (χ0n) is 10.9. The molecule has 2 heterocycles. The van der Waals surface area contributed by atoms with E-state index in [4.69, 9.17) is 0 Å². The van der Waals surface area contributed by atoms with Crippen LogP contribution in [0.5, 0.6) is 0 Å². The van der Waals surface area contributed by atoms with Gasteiger partial charge in [0.15, 0.2) is 5.65 Å². The van der Waals surface area contributed by atoms with Crippen LogP contribution in [-0.4, -0.2) is 20.5 Å². The lowest BCUT2D eigenvalue weighted by Crippen LogP contribution is -2.12. The fraction of sp³-hybridized carbons (Fsp3) is 0.133. The van der Waals surface area contributed by atoms with E-state index in [0.717, 1.165) is 12.0 Å². The van der Waals surface area contributed by atoms with E-state index in [0.29, 0.717) is 17.8 Å². The van der Waals surface area contributed by atoms with Crippen molar-refractivity contribution < 1.29 is 4.79 Å². The minimum atomic E-state index is -0.0330. The van der Waals surface area contributed by atoms with Gasteiger partial charge < -0.3 is 5.32 Å². The molecule has 0 fully saturated rings. The van der Waals surface area contributed by atoms with E-state index in [9.17, 15) is 4.79 Å². The average molecular weight is 266 g/mol. The Morgan fingerprint density at radius 2 is 2.05 bits per heavy atom. The van der Waals surface area contributed by atoms with Gasteiger partial charge in [-0.1, -0.05) is 30.3 Å². The van der Waals surface area contributed by atoms with Crippen LogP contribution in [0.3, 0.4) is 0 Å². The Morgan fingerprint density at radius 3 is 2.90 bits per heavy atom. The van der Waals surface area contributed by atoms with Crippen LogP contribution >= 0.6 is 0 Å². The first kappa shape index (κ1) is 12.3. The predicted molar refractivity (Wildman–Crippen MR) is 76.4 cm³/mol. The van der Waals surface area contributed by atoms with Gasteiger partial charge in [-0.2, -0.15) is 5.10 Å². The SMILES string of the molecule is O=C(CCc1ccccc1)Nc1cnn2cccnc12. The van der Waals surface area contributed by atoms with Crippen molar-refractivity contribution in [1.82, 2.24) is 14.6 Å². The molecule has 3 aromatic rings. The smallest absolute Gasteiger partial charge is 0.224 e. The van der Waals surface area contributed by atoms with Crippen LogP contribution in [0.4, 0.5) is 5.69 Å². The number of hydrogen-bond acceptors (Lipinski definition) is 3. The summed E-state index contributed by atoms with van der Waals surface area (Å²) in [6, 6.07) is 11.7. The minimum Gasteiger partial charge on any atom is -0.322 e. The molecule has 0 unspecified atom stereocenters. The molecule has 1 amide bonds. The first-order chi connectivity index (χ1) is 9.83. The predicted octanol–water partition coefficient (Wildman–Crippen LogP) is 2.30. The van der Waals surface area contributed by atoms with Crippen molar-refractivity contribution in [1.29, 1.82) is 0 Å². The van der Waals surface area contributed by atoms with Gasteiger partial charge in [0.2, 0.25) is 5.91 Å². The van der Waals surface area contributed by atoms with E-state index in [1.807, 2.05) is 30.3 Å². The highest BCUT2D eigenvalue weighted by molar-refractivity contribution is 5.94. The maximum absolute atomic E-state index is 12.0. The molecule has 1 N–H and O–H groups in total. The van der Waals surface area contributed by atoms with Gasteiger partial charge in [-0.3, -0.25) is 4.79 Å². The van der Waals surface area contributed by atoms with Crippen LogP contribution in [0, 0.1) is 0 Å². The van der Waals surface area contributed by atoms with Crippen LogP contribution in [0.2, 0.25) is 0 Å². The number of aromatic nitrogens is 3. The monoisotopic (exact) mass is 266 g/mol. The molecule has 0 aliphatic rings. The Balaban J connectivity index is 1.64. The summed E-state index contributed by atoms with van der Waals surface area (Å²) in [6.07, 6.45) is 6.24. The molecule has 0 saturated heterocycles. The topological polar surface area (TPSA) is 59.3 Å². The highest BCUT2D eigenvalue weighted by atomic mass is 16.1. The third-order valence-electron chi connectivity index (χ3n) is 3.04. The number of carbonyl (C=O) groups excluding carboxylic acids is 1. The third-order valence-corrected chi connectivity index (χ3v) is 3.04. The van der Waals surface area contributed by atoms with E-state index >= 15 is 0 Å². The van der Waals surface area contributed by atoms with E-state index in [1.165, 1.54) is 0 Å². The zero-order chi connectivity index (χ0) is 13.8. The summed E-state index contributed by atoms with van der Waals surface area (Å²) in [6.45, 7) is 0. The number of rotatable bonds is 4. The van der Waals surface area contributed by atoms with Crippen molar-refractivity contribution in [3.63, 3.8) is 0 Å². The number of nitrogens with one attached hydrogen (secondary N) is 1. The normalized spacial score (nSPS) is 10.6. The number of benzene rings is 1. The van der Waals surface area contributed by atoms with Crippen LogP contribution in [0.15, 0.2) is 55.0 Å². The van der Waals surface area contributed by atoms with Gasteiger partial charge in [-0.25, -0.2) is 9.50 Å². The quantitative estimate of drug-likeness (QED) is 0.788. The van der Waals surface area contributed by atoms with Gasteiger partial charge in [0, 0.05) is 18.8 Å². The summed E-state index contributed by atoms with van der Waals surface area (Å²) in [5.41, 5.74) is 2.45. The van der Waals surface area contributed by atoms with Crippen molar-refractivity contribution in [3.05, 3.63) is 60.6 Å². The molecule has 0 saturated carbocycles. The Kier molecular flexibility index (Phi) is 3.41. The fourth-order valence-electron chi connectivity index (χ4n) is 2.03. The highest BCUT2D eigenvalue weighted by Gasteiger charge is 2.08. The number of aryl methyl sites for hydroxylation is 1. The molecule has 0 bridgehead atoms. The molecule has 1 aromatic carbocycles. The minimum absolute atomic E-state index is 0.0330. The molecule has 5 heteroatoms. The van der Waals surface area contributed by atoms with E-state index in [2.05, 4.69) is 15.4 Å². The molecule has 20 heavy (non-hydrogen) atoms. The van der Waals surface area contributed by atoms with Gasteiger partial charge in [0.25, 0.3) is 0 Å². The van der Waals surface area contributed by atoms with E-state index in [-0.39, 0.29) is 5.91 Å². The molecule has 2 aromatic heterocycles. The van der Waals surface area contributed by atoms with E-state index < -0.39 is 0 Å². The summed E-state index contributed by atoms with van der Waals surface area (Å²) < 4.78 is 1.63. The fourth-order valence-corrected chi connectivity index (χ4v) is 2.03. The lowest BCUT2D eigenvalue weighted by atomic mass is 10.1. The molecule has 100 valence electrons. The second-order valence-corrected chi connectivity index (χ2v) is 4.48. The van der Waals surface area contributed by atoms with Crippen LogP contribution in [0.1, 0.15) is 12.0 Å². The summed E-state index contributed by atoms with van der Waals surface area (Å²) in [4.78, 5) is 16.1. The number of amides is 1. The highest BCUT2D eigenvalue weighted by Crippen LogP contribution is 2.13. The Morgan fingerprint density at radius 1 is 1.20 bits per heavy atom. The summed E-state index contributed by atoms with van der Waals surface area (Å²) in [5.74, 6) is -0.0330. The van der Waals surface area contributed by atoms with Gasteiger partial charge in [-0.15, -0.1) is 0 Å². The van der Waals surface area contributed by atoms with Crippen molar-refractivity contribution in [3.8, 4) is 0 Å². The number of fused-ring (bicyclic) bond motifs is 1. The van der Waals surface area contributed by atoms with E-state index in [1.54, 1.807) is 29.2 Å². The first-order valence-electron chi connectivity index (χ1n) is 6.45. The summed E-state index contributed by atoms with van der Waals surface area (Å²) in [7, 11) is 0. The molecule has 3 rings (SSSR count). The number of nitrogens with zero attached hydrogens (tertiary/aromatic N) is 3. The van der Waals surface area contributed by atoms with Crippen LogP contribution in [-0.2, 0) is 11.2 Å². The van der Waals surface area contributed by atoms with Crippen LogP contribution in [0.25, 0.3) is 5.65 Å². The molecular weight excluding hydrogens is 252 g/mol. The molecule has 5 nitrogen and oxygen atoms in total. The number of anilines is 1. The molecule has 0 aliphatic heterocycles. The molecule has 0 atom stereocenters. The Bertz CT molecular complexity index is 721. The van der Waals surface area contributed by atoms with Crippen molar-refractivity contribution in [2.24, 2.45) is 0 Å². The van der Waals surface area contributed by atoms with Crippen LogP contribution < -0.4 is 5.32 Å². The number of hydrogen-bond donors (Lipinski definition) is 1. The standard InChI is InChI=1S/C15H14N4O/c20-14(8-7-12-5-2-1-3-6-12)18-13-11-17-19-10-4-9-16-15(13)19/h1-6,9-11H,7-8H2,(H,18,20). The Hall–Kier alpha value is -2.69. The van der Waals surface area contributed by atoms with Gasteiger partial charge in [0.05, 0.1) is 6.20 Å². The van der Waals surface area contributed by atoms with Crippen molar-refractivity contribution >= 4 is 17.2 Å². The van der Waals surface area contributed by atoms with Crippen molar-refractivity contribution in [2.45, 2.75) is 12.8 Å². The second-order valence-electron chi connectivity index (χ2n) is 4.48.